The summed E-state index contributed by atoms with van der Waals surface area (Å²) in [5.74, 6) is 0. The van der Waals surface area contributed by atoms with Crippen LogP contribution in [0.2, 0.25) is 0 Å². The van der Waals surface area contributed by atoms with Crippen molar-refractivity contribution < 1.29 is 62.3 Å². The molecule has 0 amide bonds. The van der Waals surface area contributed by atoms with Crippen molar-refractivity contribution in [3.8, 4) is 0 Å². The second-order valence-electron chi connectivity index (χ2n) is 2.11. The molecule has 0 aliphatic carbocycles. The van der Waals surface area contributed by atoms with E-state index in [1.54, 1.807) is 12.1 Å². The molecule has 0 fully saturated rings. The van der Waals surface area contributed by atoms with Crippen molar-refractivity contribution in [3.63, 3.8) is 0 Å². The Kier molecular flexibility index (Phi) is 6.00. The minimum atomic E-state index is -2.16. The average molecular weight is 195 g/mol. The molecule has 11 heavy (non-hydrogen) atoms. The fourth-order valence-corrected chi connectivity index (χ4v) is 1.08. The molecule has 54 valence electrons. The van der Waals surface area contributed by atoms with Crippen molar-refractivity contribution >= 4 is 13.3 Å². The van der Waals surface area contributed by atoms with Crippen molar-refractivity contribution in [2.24, 2.45) is 0 Å². The van der Waals surface area contributed by atoms with Crippen molar-refractivity contribution in [1.29, 1.82) is 0 Å². The normalized spacial score (nSPS) is 10.2. The smallest absolute Gasteiger partial charge is 1.00 e. The van der Waals surface area contributed by atoms with E-state index in [9.17, 15) is 4.57 Å². The molecule has 1 aromatic rings. The summed E-state index contributed by atoms with van der Waals surface area (Å²) < 4.78 is 10.5. The quantitative estimate of drug-likeness (QED) is 0.436. The molecule has 0 spiro atoms. The van der Waals surface area contributed by atoms with E-state index in [1.807, 2.05) is 19.1 Å². The van der Waals surface area contributed by atoms with Gasteiger partial charge in [0.25, 0.3) is 0 Å². The summed E-state index contributed by atoms with van der Waals surface area (Å²) in [6.45, 7) is 1.94. The minimum Gasteiger partial charge on any atom is -1.00 e. The SMILES string of the molecule is Cc1ccc([P+](=O)O)cc1.[H-].[K+]. The van der Waals surface area contributed by atoms with E-state index in [0.29, 0.717) is 5.30 Å². The van der Waals surface area contributed by atoms with Crippen LogP contribution in [0.1, 0.15) is 6.99 Å². The van der Waals surface area contributed by atoms with Gasteiger partial charge in [0, 0.05) is 0 Å². The molecule has 0 radical (unpaired) electrons. The van der Waals surface area contributed by atoms with E-state index in [-0.39, 0.29) is 52.8 Å². The van der Waals surface area contributed by atoms with Gasteiger partial charge in [0.2, 0.25) is 5.30 Å². The predicted molar refractivity (Wildman–Crippen MR) is 41.8 cm³/mol. The van der Waals surface area contributed by atoms with Crippen LogP contribution in [0.5, 0.6) is 0 Å². The van der Waals surface area contributed by atoms with E-state index in [4.69, 9.17) is 4.89 Å². The van der Waals surface area contributed by atoms with Gasteiger partial charge in [0.05, 0.1) is 0 Å². The molecule has 1 rings (SSSR count). The van der Waals surface area contributed by atoms with Crippen LogP contribution in [0.25, 0.3) is 0 Å². The summed E-state index contributed by atoms with van der Waals surface area (Å²) in [6, 6.07) is 6.96. The first-order valence-corrected chi connectivity index (χ1v) is 4.14. The summed E-state index contributed by atoms with van der Waals surface area (Å²) in [7, 11) is -2.16. The molecule has 0 heterocycles. The van der Waals surface area contributed by atoms with E-state index < -0.39 is 8.03 Å². The third kappa shape index (κ3) is 3.90. The number of hydrogen-bond acceptors (Lipinski definition) is 1. The van der Waals surface area contributed by atoms with Gasteiger partial charge in [-0.25, -0.2) is 0 Å². The van der Waals surface area contributed by atoms with Crippen LogP contribution < -0.4 is 56.7 Å². The third-order valence-electron chi connectivity index (χ3n) is 1.25. The van der Waals surface area contributed by atoms with Gasteiger partial charge < -0.3 is 1.43 Å². The molecule has 1 N–H and O–H groups in total. The minimum absolute atomic E-state index is 0. The summed E-state index contributed by atoms with van der Waals surface area (Å²) in [5, 5.41) is 0.487. The van der Waals surface area contributed by atoms with Gasteiger partial charge in [-0.1, -0.05) is 17.7 Å². The Hall–Kier alpha value is 0.916. The van der Waals surface area contributed by atoms with E-state index in [0.717, 1.165) is 5.56 Å². The van der Waals surface area contributed by atoms with Crippen molar-refractivity contribution in [2.45, 2.75) is 6.92 Å². The predicted octanol–water partition coefficient (Wildman–Crippen LogP) is -1.53. The Balaban J connectivity index is 0. The van der Waals surface area contributed by atoms with Crippen LogP contribution in [0.3, 0.4) is 0 Å². The Morgan fingerprint density at radius 3 is 2.18 bits per heavy atom. The van der Waals surface area contributed by atoms with Gasteiger partial charge >= 0.3 is 59.4 Å². The second-order valence-corrected chi connectivity index (χ2v) is 3.17. The monoisotopic (exact) mass is 195 g/mol. The standard InChI is InChI=1S/C7H7O2P.K.H/c1-6-2-4-7(5-3-6)10(8)9;;/h2-5H,1H3;;/q;+1;-1/p+1. The molecule has 0 saturated heterocycles. The summed E-state index contributed by atoms with van der Waals surface area (Å²) in [6.07, 6.45) is 0. The number of benzene rings is 1. The molecule has 2 nitrogen and oxygen atoms in total. The number of hydrogen-bond donors (Lipinski definition) is 1. The summed E-state index contributed by atoms with van der Waals surface area (Å²) in [5.41, 5.74) is 1.10. The zero-order chi connectivity index (χ0) is 7.56. The molecular formula is C7H9KO2P+. The van der Waals surface area contributed by atoms with Crippen LogP contribution in [-0.4, -0.2) is 4.89 Å². The van der Waals surface area contributed by atoms with Gasteiger partial charge in [0.15, 0.2) is 0 Å². The first-order valence-electron chi connectivity index (χ1n) is 2.93. The van der Waals surface area contributed by atoms with Crippen LogP contribution >= 0.6 is 8.03 Å². The van der Waals surface area contributed by atoms with Gasteiger partial charge in [0.1, 0.15) is 0 Å². The Bertz CT molecular complexity index is 250. The average Bonchev–Trinajstić information content (AvgIpc) is 1.88. The molecule has 4 heteroatoms. The second kappa shape index (κ2) is 5.54. The Morgan fingerprint density at radius 1 is 1.36 bits per heavy atom. The fourth-order valence-electron chi connectivity index (χ4n) is 0.672. The van der Waals surface area contributed by atoms with Crippen LogP contribution in [0.15, 0.2) is 24.3 Å². The van der Waals surface area contributed by atoms with Crippen LogP contribution in [0.4, 0.5) is 0 Å². The maximum absolute atomic E-state index is 10.5. The fraction of sp³-hybridized carbons (Fsp3) is 0.143. The van der Waals surface area contributed by atoms with Gasteiger partial charge in [-0.3, -0.25) is 0 Å². The zero-order valence-electron chi connectivity index (χ0n) is 7.61. The molecule has 0 aliphatic heterocycles. The molecule has 0 aromatic heterocycles. The van der Waals surface area contributed by atoms with E-state index >= 15 is 0 Å². The number of aryl methyl sites for hydroxylation is 1. The maximum Gasteiger partial charge on any atom is 1.00 e. The van der Waals surface area contributed by atoms with Crippen LogP contribution in [-0.2, 0) is 4.57 Å². The summed E-state index contributed by atoms with van der Waals surface area (Å²) >= 11 is 0. The largest absolute Gasteiger partial charge is 1.00 e. The Morgan fingerprint density at radius 2 is 1.82 bits per heavy atom. The van der Waals surface area contributed by atoms with Crippen LogP contribution in [0, 0.1) is 6.92 Å². The topological polar surface area (TPSA) is 37.3 Å². The third-order valence-corrected chi connectivity index (χ3v) is 1.99. The number of rotatable bonds is 1. The maximum atomic E-state index is 10.5. The van der Waals surface area contributed by atoms with Gasteiger partial charge in [-0.2, -0.15) is 4.89 Å². The van der Waals surface area contributed by atoms with E-state index in [2.05, 4.69) is 0 Å². The van der Waals surface area contributed by atoms with Gasteiger partial charge in [-0.15, -0.1) is 0 Å². The molecule has 1 atom stereocenters. The van der Waals surface area contributed by atoms with Gasteiger partial charge in [-0.05, 0) is 23.6 Å². The Labute approximate surface area is 111 Å². The zero-order valence-corrected chi connectivity index (χ0v) is 10.6. The molecule has 0 saturated carbocycles. The molecule has 0 bridgehead atoms. The molecular weight excluding hydrogens is 186 g/mol. The van der Waals surface area contributed by atoms with Crippen molar-refractivity contribution in [3.05, 3.63) is 29.8 Å². The van der Waals surface area contributed by atoms with Crippen molar-refractivity contribution in [1.82, 2.24) is 0 Å². The van der Waals surface area contributed by atoms with E-state index in [1.165, 1.54) is 0 Å². The first-order chi connectivity index (χ1) is 4.70. The summed E-state index contributed by atoms with van der Waals surface area (Å²) in [4.78, 5) is 8.62. The molecule has 1 aromatic carbocycles. The molecule has 1 unspecified atom stereocenters. The van der Waals surface area contributed by atoms with Crippen molar-refractivity contribution in [2.75, 3.05) is 0 Å². The first kappa shape index (κ1) is 11.9. The molecule has 0 aliphatic rings.